The van der Waals surface area contributed by atoms with Crippen LogP contribution in [0.4, 0.5) is 0 Å². The zero-order valence-electron chi connectivity index (χ0n) is 16.4. The van der Waals surface area contributed by atoms with E-state index < -0.39 is 0 Å². The van der Waals surface area contributed by atoms with Gasteiger partial charge in [-0.15, -0.1) is 0 Å². The van der Waals surface area contributed by atoms with Gasteiger partial charge in [0.2, 0.25) is 0 Å². The van der Waals surface area contributed by atoms with Gasteiger partial charge in [-0.1, -0.05) is 19.8 Å². The van der Waals surface area contributed by atoms with Crippen LogP contribution in [0, 0.1) is 17.8 Å². The van der Waals surface area contributed by atoms with Crippen LogP contribution in [0.15, 0.2) is 24.4 Å². The number of carbonyl (C=O) groups is 1. The number of nitrogens with zero attached hydrogens (tertiary/aromatic N) is 2. The Kier molecular flexibility index (Phi) is 4.25. The summed E-state index contributed by atoms with van der Waals surface area (Å²) in [4.78, 5) is 18.0. The van der Waals surface area contributed by atoms with Crippen molar-refractivity contribution in [1.82, 2.24) is 14.9 Å². The van der Waals surface area contributed by atoms with Crippen LogP contribution in [0.5, 0.6) is 0 Å². The van der Waals surface area contributed by atoms with Crippen molar-refractivity contribution in [1.29, 1.82) is 0 Å². The van der Waals surface area contributed by atoms with E-state index in [1.54, 1.807) is 0 Å². The third kappa shape index (κ3) is 3.07. The van der Waals surface area contributed by atoms with Gasteiger partial charge in [-0.05, 0) is 80.9 Å². The molecule has 0 aliphatic heterocycles. The van der Waals surface area contributed by atoms with Crippen LogP contribution in [0.1, 0.15) is 75.2 Å². The molecule has 144 valence electrons. The van der Waals surface area contributed by atoms with Crippen molar-refractivity contribution in [2.75, 3.05) is 0 Å². The molecule has 0 unspecified atom stereocenters. The number of hydrogen-bond acceptors (Lipinski definition) is 2. The minimum Gasteiger partial charge on any atom is -0.345 e. The molecule has 0 spiro atoms. The van der Waals surface area contributed by atoms with Gasteiger partial charge in [-0.3, -0.25) is 4.79 Å². The number of hydrogen-bond donors (Lipinski definition) is 1. The van der Waals surface area contributed by atoms with Crippen molar-refractivity contribution in [2.24, 2.45) is 17.8 Å². The number of unbranched alkanes of at least 4 members (excludes halogenated alkanes) is 2. The predicted molar refractivity (Wildman–Crippen MR) is 108 cm³/mol. The van der Waals surface area contributed by atoms with Crippen molar-refractivity contribution in [2.45, 2.75) is 76.8 Å². The average molecular weight is 366 g/mol. The smallest absolute Gasteiger partial charge is 0.268 e. The van der Waals surface area contributed by atoms with Crippen LogP contribution in [0.2, 0.25) is 0 Å². The fourth-order valence-electron chi connectivity index (χ4n) is 6.59. The Morgan fingerprint density at radius 2 is 1.89 bits per heavy atom. The quantitative estimate of drug-likeness (QED) is 0.738. The highest BCUT2D eigenvalue weighted by Gasteiger charge is 2.51. The van der Waals surface area contributed by atoms with Gasteiger partial charge in [0.1, 0.15) is 11.3 Å². The maximum atomic E-state index is 13.4. The standard InChI is InChI=1S/C23H31N3O/c1-2-3-4-8-26-20(12-19-6-5-7-24-21(19)26)22(27)25-23-13-16-9-17(14-23)11-18(10-16)15-23/h5-7,12,16-18H,2-4,8-11,13-15H2,1H3,(H,25,27). The molecule has 4 saturated carbocycles. The van der Waals surface area contributed by atoms with E-state index >= 15 is 0 Å². The van der Waals surface area contributed by atoms with Gasteiger partial charge < -0.3 is 9.88 Å². The summed E-state index contributed by atoms with van der Waals surface area (Å²) >= 11 is 0. The molecule has 1 N–H and O–H groups in total. The van der Waals surface area contributed by atoms with Gasteiger partial charge in [0, 0.05) is 23.7 Å². The molecule has 4 heteroatoms. The molecule has 0 saturated heterocycles. The molecule has 0 radical (unpaired) electrons. The third-order valence-corrected chi connectivity index (χ3v) is 7.29. The van der Waals surface area contributed by atoms with Gasteiger partial charge >= 0.3 is 0 Å². The van der Waals surface area contributed by atoms with Crippen LogP contribution in [-0.4, -0.2) is 21.0 Å². The largest absolute Gasteiger partial charge is 0.345 e. The molecular formula is C23H31N3O. The lowest BCUT2D eigenvalue weighted by Gasteiger charge is -2.56. The number of carbonyl (C=O) groups excluding carboxylic acids is 1. The fourth-order valence-corrected chi connectivity index (χ4v) is 6.59. The van der Waals surface area contributed by atoms with E-state index in [1.165, 1.54) is 51.4 Å². The highest BCUT2D eigenvalue weighted by molar-refractivity contribution is 5.98. The van der Waals surface area contributed by atoms with Crippen molar-refractivity contribution < 1.29 is 4.79 Å². The van der Waals surface area contributed by atoms with Crippen molar-refractivity contribution in [3.05, 3.63) is 30.1 Å². The zero-order valence-corrected chi connectivity index (χ0v) is 16.4. The summed E-state index contributed by atoms with van der Waals surface area (Å²) < 4.78 is 2.15. The molecule has 2 heterocycles. The highest BCUT2D eigenvalue weighted by Crippen LogP contribution is 2.55. The minimum atomic E-state index is 0.0595. The van der Waals surface area contributed by atoms with E-state index in [4.69, 9.17) is 0 Å². The van der Waals surface area contributed by atoms with E-state index in [-0.39, 0.29) is 11.4 Å². The average Bonchev–Trinajstić information content (AvgIpc) is 2.99. The lowest BCUT2D eigenvalue weighted by Crippen LogP contribution is -2.60. The van der Waals surface area contributed by atoms with Crippen molar-refractivity contribution in [3.63, 3.8) is 0 Å². The Morgan fingerprint density at radius 3 is 2.56 bits per heavy atom. The number of fused-ring (bicyclic) bond motifs is 1. The van der Waals surface area contributed by atoms with Gasteiger partial charge in [-0.2, -0.15) is 0 Å². The molecule has 1 amide bonds. The molecule has 4 nitrogen and oxygen atoms in total. The van der Waals surface area contributed by atoms with E-state index in [0.29, 0.717) is 0 Å². The van der Waals surface area contributed by atoms with E-state index in [2.05, 4.69) is 27.9 Å². The first-order valence-electron chi connectivity index (χ1n) is 10.9. The van der Waals surface area contributed by atoms with Gasteiger partial charge in [-0.25, -0.2) is 4.98 Å². The van der Waals surface area contributed by atoms with Crippen LogP contribution in [0.25, 0.3) is 11.0 Å². The Bertz CT molecular complexity index is 817. The summed E-state index contributed by atoms with van der Waals surface area (Å²) in [6, 6.07) is 6.07. The number of nitrogens with one attached hydrogen (secondary N) is 1. The van der Waals surface area contributed by atoms with Crippen LogP contribution < -0.4 is 5.32 Å². The van der Waals surface area contributed by atoms with Gasteiger partial charge in [0.15, 0.2) is 0 Å². The van der Waals surface area contributed by atoms with E-state index in [1.807, 2.05) is 18.3 Å². The van der Waals surface area contributed by atoms with Crippen molar-refractivity contribution >= 4 is 16.9 Å². The molecule has 4 bridgehead atoms. The Balaban J connectivity index is 1.43. The summed E-state index contributed by atoms with van der Waals surface area (Å²) in [5.74, 6) is 2.64. The second kappa shape index (κ2) is 6.65. The summed E-state index contributed by atoms with van der Waals surface area (Å²) in [5, 5.41) is 4.62. The SMILES string of the molecule is CCCCCn1c(C(=O)NC23CC4CC(CC(C4)C2)C3)cc2cccnc21. The molecular weight excluding hydrogens is 334 g/mol. The number of aromatic nitrogens is 2. The highest BCUT2D eigenvalue weighted by atomic mass is 16.2. The first-order valence-corrected chi connectivity index (χ1v) is 10.9. The Labute approximate surface area is 161 Å². The van der Waals surface area contributed by atoms with Crippen LogP contribution in [-0.2, 0) is 6.54 Å². The van der Waals surface area contributed by atoms with E-state index in [9.17, 15) is 4.79 Å². The first-order chi connectivity index (χ1) is 13.2. The van der Waals surface area contributed by atoms with Crippen molar-refractivity contribution in [3.8, 4) is 0 Å². The monoisotopic (exact) mass is 365 g/mol. The molecule has 0 aromatic carbocycles. The molecule has 2 aromatic rings. The van der Waals surface area contributed by atoms with Crippen LogP contribution >= 0.6 is 0 Å². The number of aryl methyl sites for hydroxylation is 1. The molecule has 0 atom stereocenters. The lowest BCUT2D eigenvalue weighted by molar-refractivity contribution is -0.0168. The first kappa shape index (κ1) is 17.3. The topological polar surface area (TPSA) is 46.9 Å². The molecule has 6 rings (SSSR count). The van der Waals surface area contributed by atoms with Gasteiger partial charge in [0.05, 0.1) is 0 Å². The molecule has 4 aliphatic rings. The molecule has 4 aliphatic carbocycles. The Hall–Kier alpha value is -1.84. The third-order valence-electron chi connectivity index (χ3n) is 7.29. The van der Waals surface area contributed by atoms with Crippen LogP contribution in [0.3, 0.4) is 0 Å². The fraction of sp³-hybridized carbons (Fsp3) is 0.652. The maximum Gasteiger partial charge on any atom is 0.268 e. The normalized spacial score (nSPS) is 31.5. The minimum absolute atomic E-state index is 0.0595. The number of rotatable bonds is 6. The predicted octanol–water partition coefficient (Wildman–Crippen LogP) is 4.93. The maximum absolute atomic E-state index is 13.4. The second-order valence-electron chi connectivity index (χ2n) is 9.46. The van der Waals surface area contributed by atoms with E-state index in [0.717, 1.165) is 47.4 Å². The summed E-state index contributed by atoms with van der Waals surface area (Å²) in [5.41, 5.74) is 1.81. The number of amides is 1. The molecule has 27 heavy (non-hydrogen) atoms. The summed E-state index contributed by atoms with van der Waals surface area (Å²) in [6.45, 7) is 3.09. The molecule has 2 aromatic heterocycles. The zero-order chi connectivity index (χ0) is 18.4. The number of pyridine rings is 1. The summed E-state index contributed by atoms with van der Waals surface area (Å²) in [6.07, 6.45) is 13.1. The summed E-state index contributed by atoms with van der Waals surface area (Å²) in [7, 11) is 0. The van der Waals surface area contributed by atoms with Gasteiger partial charge in [0.25, 0.3) is 5.91 Å². The second-order valence-corrected chi connectivity index (χ2v) is 9.46. The lowest BCUT2D eigenvalue weighted by atomic mass is 9.53. The Morgan fingerprint density at radius 1 is 1.19 bits per heavy atom. The molecule has 4 fully saturated rings.